The number of likely N-dealkylation sites (N-methyl/N-ethyl adjacent to an activating group) is 1. The van der Waals surface area contributed by atoms with Gasteiger partial charge in [0.15, 0.2) is 0 Å². The van der Waals surface area contributed by atoms with Crippen molar-refractivity contribution in [3.05, 3.63) is 12.3 Å². The van der Waals surface area contributed by atoms with Crippen molar-refractivity contribution in [3.8, 4) is 0 Å². The molecule has 0 aliphatic heterocycles. The average molecular weight is 114 g/mol. The predicted molar refractivity (Wildman–Crippen MR) is 32.0 cm³/mol. The van der Waals surface area contributed by atoms with Crippen LogP contribution in [0.4, 0.5) is 0 Å². The van der Waals surface area contributed by atoms with Crippen LogP contribution in [-0.2, 0) is 4.79 Å². The zero-order valence-corrected chi connectivity index (χ0v) is 5.09. The van der Waals surface area contributed by atoms with Crippen LogP contribution in [0.2, 0.25) is 0 Å². The fourth-order valence-corrected chi connectivity index (χ4v) is 0.231. The van der Waals surface area contributed by atoms with Crippen LogP contribution in [0.1, 0.15) is 0 Å². The molecule has 0 spiro atoms. The molecule has 0 unspecified atom stereocenters. The van der Waals surface area contributed by atoms with Crippen LogP contribution in [0.5, 0.6) is 0 Å². The molecule has 8 heavy (non-hydrogen) atoms. The number of carbonyl (C=O) groups excluding carboxylic acids is 1. The van der Waals surface area contributed by atoms with Gasteiger partial charge in [0.25, 0.3) is 0 Å². The van der Waals surface area contributed by atoms with E-state index < -0.39 is 0 Å². The first-order chi connectivity index (χ1) is 3.68. The standard InChI is InChI=1S/C5H10N2O/c1-7(2)5(8)3-4-6/h3-4H,6H2,1-2H3/b4-3+. The third kappa shape index (κ3) is 2.23. The maximum atomic E-state index is 10.5. The number of hydrogen-bond acceptors (Lipinski definition) is 2. The number of nitrogens with zero attached hydrogens (tertiary/aromatic N) is 1. The summed E-state index contributed by atoms with van der Waals surface area (Å²) in [6.07, 6.45) is 2.53. The lowest BCUT2D eigenvalue weighted by Crippen LogP contribution is -2.19. The van der Waals surface area contributed by atoms with Gasteiger partial charge in [-0.3, -0.25) is 4.79 Å². The maximum Gasteiger partial charge on any atom is 0.247 e. The largest absolute Gasteiger partial charge is 0.404 e. The van der Waals surface area contributed by atoms with E-state index in [0.717, 1.165) is 0 Å². The second-order valence-corrected chi connectivity index (χ2v) is 1.59. The molecule has 0 aromatic rings. The Morgan fingerprint density at radius 1 is 1.62 bits per heavy atom. The van der Waals surface area contributed by atoms with Crippen LogP contribution in [0.25, 0.3) is 0 Å². The number of carbonyl (C=O) groups is 1. The number of nitrogens with two attached hydrogens (primary N) is 1. The molecule has 0 atom stereocenters. The maximum absolute atomic E-state index is 10.5. The normalized spacial score (nSPS) is 9.75. The summed E-state index contributed by atoms with van der Waals surface area (Å²) in [6.45, 7) is 0. The molecule has 0 aliphatic carbocycles. The smallest absolute Gasteiger partial charge is 0.247 e. The molecule has 0 rings (SSSR count). The summed E-state index contributed by atoms with van der Waals surface area (Å²) in [7, 11) is 3.34. The van der Waals surface area contributed by atoms with E-state index in [2.05, 4.69) is 0 Å². The van der Waals surface area contributed by atoms with E-state index in [4.69, 9.17) is 5.73 Å². The summed E-state index contributed by atoms with van der Waals surface area (Å²) in [5, 5.41) is 0. The average Bonchev–Trinajstić information content (AvgIpc) is 1.67. The van der Waals surface area contributed by atoms with E-state index in [1.165, 1.54) is 17.2 Å². The van der Waals surface area contributed by atoms with Crippen molar-refractivity contribution >= 4 is 5.91 Å². The van der Waals surface area contributed by atoms with Gasteiger partial charge in [-0.2, -0.15) is 0 Å². The Bertz CT molecular complexity index is 107. The molecule has 46 valence electrons. The Kier molecular flexibility index (Phi) is 2.69. The van der Waals surface area contributed by atoms with Crippen LogP contribution in [0, 0.1) is 0 Å². The van der Waals surface area contributed by atoms with Crippen LogP contribution >= 0.6 is 0 Å². The van der Waals surface area contributed by atoms with Gasteiger partial charge in [-0.15, -0.1) is 0 Å². The second kappa shape index (κ2) is 3.07. The lowest BCUT2D eigenvalue weighted by atomic mass is 10.5. The predicted octanol–water partition coefficient (Wildman–Crippen LogP) is -0.453. The van der Waals surface area contributed by atoms with Crippen LogP contribution in [0.3, 0.4) is 0 Å². The van der Waals surface area contributed by atoms with E-state index >= 15 is 0 Å². The number of amides is 1. The third-order valence-electron chi connectivity index (χ3n) is 0.680. The highest BCUT2D eigenvalue weighted by Crippen LogP contribution is 1.76. The van der Waals surface area contributed by atoms with E-state index in [9.17, 15) is 4.79 Å². The molecule has 0 aromatic heterocycles. The molecule has 0 saturated carbocycles. The topological polar surface area (TPSA) is 46.3 Å². The van der Waals surface area contributed by atoms with Crippen molar-refractivity contribution in [2.45, 2.75) is 0 Å². The Balaban J connectivity index is 3.66. The highest BCUT2D eigenvalue weighted by molar-refractivity contribution is 5.86. The molecule has 0 fully saturated rings. The summed E-state index contributed by atoms with van der Waals surface area (Å²) < 4.78 is 0. The molecule has 0 bridgehead atoms. The van der Waals surface area contributed by atoms with Crippen molar-refractivity contribution in [3.63, 3.8) is 0 Å². The summed E-state index contributed by atoms with van der Waals surface area (Å²) in [5.74, 6) is -0.0903. The van der Waals surface area contributed by atoms with Crippen molar-refractivity contribution in [2.75, 3.05) is 14.1 Å². The number of rotatable bonds is 1. The SMILES string of the molecule is CN(C)C(=O)/C=C/N. The monoisotopic (exact) mass is 114 g/mol. The first-order valence-electron chi connectivity index (χ1n) is 2.28. The molecule has 0 aromatic carbocycles. The molecule has 0 saturated heterocycles. The minimum absolute atomic E-state index is 0.0903. The molecule has 3 nitrogen and oxygen atoms in total. The molecule has 0 heterocycles. The van der Waals surface area contributed by atoms with Gasteiger partial charge in [0.05, 0.1) is 0 Å². The summed E-state index contributed by atoms with van der Waals surface area (Å²) in [6, 6.07) is 0. The van der Waals surface area contributed by atoms with Gasteiger partial charge in [0.1, 0.15) is 0 Å². The molecular weight excluding hydrogens is 104 g/mol. The van der Waals surface area contributed by atoms with Crippen LogP contribution in [0.15, 0.2) is 12.3 Å². The van der Waals surface area contributed by atoms with Gasteiger partial charge in [-0.25, -0.2) is 0 Å². The van der Waals surface area contributed by atoms with Crippen molar-refractivity contribution < 1.29 is 4.79 Å². The van der Waals surface area contributed by atoms with E-state index in [0.29, 0.717) is 0 Å². The quantitative estimate of drug-likeness (QED) is 0.469. The van der Waals surface area contributed by atoms with Crippen LogP contribution < -0.4 is 5.73 Å². The van der Waals surface area contributed by atoms with Gasteiger partial charge in [-0.1, -0.05) is 0 Å². The minimum Gasteiger partial charge on any atom is -0.404 e. The van der Waals surface area contributed by atoms with Crippen molar-refractivity contribution in [1.29, 1.82) is 0 Å². The van der Waals surface area contributed by atoms with Gasteiger partial charge in [0.2, 0.25) is 5.91 Å². The molecule has 1 amide bonds. The molecule has 2 N–H and O–H groups in total. The lowest BCUT2D eigenvalue weighted by molar-refractivity contribution is -0.123. The summed E-state index contributed by atoms with van der Waals surface area (Å²) in [4.78, 5) is 11.9. The second-order valence-electron chi connectivity index (χ2n) is 1.59. The first-order valence-corrected chi connectivity index (χ1v) is 2.28. The molecule has 0 radical (unpaired) electrons. The molecule has 0 aliphatic rings. The van der Waals surface area contributed by atoms with Crippen molar-refractivity contribution in [2.24, 2.45) is 5.73 Å². The Hall–Kier alpha value is -0.990. The van der Waals surface area contributed by atoms with Gasteiger partial charge < -0.3 is 10.6 Å². The summed E-state index contributed by atoms with van der Waals surface area (Å²) >= 11 is 0. The lowest BCUT2D eigenvalue weighted by Gasteiger charge is -2.03. The minimum atomic E-state index is -0.0903. The van der Waals surface area contributed by atoms with E-state index in [-0.39, 0.29) is 5.91 Å². The van der Waals surface area contributed by atoms with E-state index in [1.807, 2.05) is 0 Å². The Morgan fingerprint density at radius 2 is 2.12 bits per heavy atom. The zero-order valence-electron chi connectivity index (χ0n) is 5.09. The van der Waals surface area contributed by atoms with Crippen LogP contribution in [-0.4, -0.2) is 24.9 Å². The highest BCUT2D eigenvalue weighted by Gasteiger charge is 1.93. The zero-order chi connectivity index (χ0) is 6.57. The Labute approximate surface area is 48.8 Å². The fourth-order valence-electron chi connectivity index (χ4n) is 0.231. The van der Waals surface area contributed by atoms with Crippen molar-refractivity contribution in [1.82, 2.24) is 4.90 Å². The third-order valence-corrected chi connectivity index (χ3v) is 0.680. The Morgan fingerprint density at radius 3 is 2.25 bits per heavy atom. The summed E-state index contributed by atoms with van der Waals surface area (Å²) in [5.41, 5.74) is 4.94. The number of hydrogen-bond donors (Lipinski definition) is 1. The van der Waals surface area contributed by atoms with Gasteiger partial charge in [-0.05, 0) is 6.20 Å². The molecule has 3 heteroatoms. The van der Waals surface area contributed by atoms with Gasteiger partial charge in [0, 0.05) is 20.2 Å². The fraction of sp³-hybridized carbons (Fsp3) is 0.400. The van der Waals surface area contributed by atoms with E-state index in [1.54, 1.807) is 14.1 Å². The molecular formula is C5H10N2O. The first kappa shape index (κ1) is 7.01. The highest BCUT2D eigenvalue weighted by atomic mass is 16.2. The van der Waals surface area contributed by atoms with Gasteiger partial charge >= 0.3 is 0 Å².